The molecule has 0 fully saturated rings. The van der Waals surface area contributed by atoms with Gasteiger partial charge in [0.1, 0.15) is 6.04 Å². The van der Waals surface area contributed by atoms with Crippen LogP contribution in [-0.2, 0) is 21.4 Å². The molecule has 0 aliphatic heterocycles. The van der Waals surface area contributed by atoms with E-state index in [0.29, 0.717) is 17.3 Å². The number of hydrogen-bond acceptors (Lipinski definition) is 3. The number of halogens is 1. The number of hydrogen-bond donors (Lipinski definition) is 1. The van der Waals surface area contributed by atoms with Gasteiger partial charge in [-0.05, 0) is 37.6 Å². The molecule has 1 atom stereocenters. The molecule has 0 aliphatic rings. The highest BCUT2D eigenvalue weighted by Crippen LogP contribution is 2.24. The number of rotatable bonds is 6. The van der Waals surface area contributed by atoms with Crippen molar-refractivity contribution < 1.29 is 13.2 Å². The van der Waals surface area contributed by atoms with Crippen LogP contribution >= 0.6 is 11.6 Å². The SMILES string of the molecule is Cc1cccc(CNC(=O)[C@@H](C)N(c2cccc(Cl)c2)S(C)(=O)=O)c1. The van der Waals surface area contributed by atoms with Gasteiger partial charge in [-0.25, -0.2) is 8.42 Å². The molecular formula is C18H21ClN2O3S. The maximum atomic E-state index is 12.5. The van der Waals surface area contributed by atoms with Crippen LogP contribution in [0.4, 0.5) is 5.69 Å². The standard InChI is InChI=1S/C18H21ClN2O3S/c1-13-6-4-7-15(10-13)12-20-18(22)14(2)21(25(3,23)24)17-9-5-8-16(19)11-17/h4-11,14H,12H2,1-3H3,(H,20,22)/t14-/m1/s1. The zero-order chi connectivity index (χ0) is 18.6. The molecule has 0 saturated heterocycles. The normalized spacial score (nSPS) is 12.5. The van der Waals surface area contributed by atoms with Crippen LogP contribution in [0.2, 0.25) is 5.02 Å². The molecule has 0 unspecified atom stereocenters. The van der Waals surface area contributed by atoms with Crippen molar-refractivity contribution >= 4 is 33.2 Å². The third kappa shape index (κ3) is 5.21. The van der Waals surface area contributed by atoms with Crippen molar-refractivity contribution in [3.05, 3.63) is 64.7 Å². The van der Waals surface area contributed by atoms with Crippen molar-refractivity contribution in [3.8, 4) is 0 Å². The van der Waals surface area contributed by atoms with E-state index in [1.54, 1.807) is 25.1 Å². The molecule has 0 radical (unpaired) electrons. The van der Waals surface area contributed by atoms with Crippen molar-refractivity contribution in [1.29, 1.82) is 0 Å². The predicted octanol–water partition coefficient (Wildman–Crippen LogP) is 3.12. The van der Waals surface area contributed by atoms with Gasteiger partial charge >= 0.3 is 0 Å². The molecule has 0 aliphatic carbocycles. The Morgan fingerprint density at radius 1 is 1.20 bits per heavy atom. The van der Waals surface area contributed by atoms with Crippen LogP contribution in [0.25, 0.3) is 0 Å². The first-order valence-electron chi connectivity index (χ1n) is 7.76. The monoisotopic (exact) mass is 380 g/mol. The van der Waals surface area contributed by atoms with E-state index in [9.17, 15) is 13.2 Å². The lowest BCUT2D eigenvalue weighted by Crippen LogP contribution is -2.47. The van der Waals surface area contributed by atoms with E-state index in [2.05, 4.69) is 5.32 Å². The summed E-state index contributed by atoms with van der Waals surface area (Å²) in [7, 11) is -3.65. The van der Waals surface area contributed by atoms with Crippen molar-refractivity contribution in [1.82, 2.24) is 5.32 Å². The lowest BCUT2D eigenvalue weighted by molar-refractivity contribution is -0.122. The Labute approximate surface area is 153 Å². The summed E-state index contributed by atoms with van der Waals surface area (Å²) in [5.74, 6) is -0.382. The van der Waals surface area contributed by atoms with Gasteiger partial charge in [-0.15, -0.1) is 0 Å². The van der Waals surface area contributed by atoms with Gasteiger partial charge in [-0.3, -0.25) is 9.10 Å². The van der Waals surface area contributed by atoms with Gasteiger partial charge in [0.15, 0.2) is 0 Å². The maximum Gasteiger partial charge on any atom is 0.243 e. The molecule has 25 heavy (non-hydrogen) atoms. The van der Waals surface area contributed by atoms with Gasteiger partial charge in [0.25, 0.3) is 0 Å². The number of aryl methyl sites for hydroxylation is 1. The quantitative estimate of drug-likeness (QED) is 0.837. The summed E-state index contributed by atoms with van der Waals surface area (Å²) < 4.78 is 25.5. The Morgan fingerprint density at radius 2 is 1.88 bits per heavy atom. The summed E-state index contributed by atoms with van der Waals surface area (Å²) in [6, 6.07) is 13.3. The fourth-order valence-electron chi connectivity index (χ4n) is 2.58. The fraction of sp³-hybridized carbons (Fsp3) is 0.278. The second-order valence-electron chi connectivity index (χ2n) is 5.92. The number of nitrogens with one attached hydrogen (secondary N) is 1. The van der Waals surface area contributed by atoms with Gasteiger partial charge in [0, 0.05) is 11.6 Å². The van der Waals surface area contributed by atoms with E-state index in [1.165, 1.54) is 6.07 Å². The second kappa shape index (κ2) is 7.89. The van der Waals surface area contributed by atoms with Crippen LogP contribution in [0.1, 0.15) is 18.1 Å². The van der Waals surface area contributed by atoms with E-state index in [-0.39, 0.29) is 5.91 Å². The lowest BCUT2D eigenvalue weighted by Gasteiger charge is -2.28. The van der Waals surface area contributed by atoms with Crippen molar-refractivity contribution in [2.24, 2.45) is 0 Å². The molecule has 0 bridgehead atoms. The Balaban J connectivity index is 2.18. The molecule has 5 nitrogen and oxygen atoms in total. The fourth-order valence-corrected chi connectivity index (χ4v) is 3.93. The Kier molecular flexibility index (Phi) is 6.08. The molecule has 7 heteroatoms. The van der Waals surface area contributed by atoms with Crippen LogP contribution in [0, 0.1) is 6.92 Å². The average Bonchev–Trinajstić information content (AvgIpc) is 2.51. The molecule has 2 aromatic rings. The van der Waals surface area contributed by atoms with E-state index in [4.69, 9.17) is 11.6 Å². The van der Waals surface area contributed by atoms with Crippen LogP contribution < -0.4 is 9.62 Å². The first-order valence-corrected chi connectivity index (χ1v) is 9.99. The van der Waals surface area contributed by atoms with Gasteiger partial charge in [-0.1, -0.05) is 47.5 Å². The Morgan fingerprint density at radius 3 is 2.48 bits per heavy atom. The third-order valence-electron chi connectivity index (χ3n) is 3.70. The number of nitrogens with zero attached hydrogens (tertiary/aromatic N) is 1. The average molecular weight is 381 g/mol. The summed E-state index contributed by atoms with van der Waals surface area (Å²) in [6.07, 6.45) is 1.07. The first-order chi connectivity index (χ1) is 11.7. The molecule has 0 saturated carbocycles. The molecule has 2 rings (SSSR count). The lowest BCUT2D eigenvalue weighted by atomic mass is 10.1. The molecule has 1 amide bonds. The minimum atomic E-state index is -3.65. The number of carbonyl (C=O) groups excluding carboxylic acids is 1. The summed E-state index contributed by atoms with van der Waals surface area (Å²) in [5.41, 5.74) is 2.40. The first kappa shape index (κ1) is 19.3. The van der Waals surface area contributed by atoms with Gasteiger partial charge in [0.05, 0.1) is 11.9 Å². The number of anilines is 1. The molecule has 0 heterocycles. The minimum Gasteiger partial charge on any atom is -0.350 e. The van der Waals surface area contributed by atoms with Crippen LogP contribution in [0.15, 0.2) is 48.5 Å². The zero-order valence-corrected chi connectivity index (χ0v) is 15.9. The van der Waals surface area contributed by atoms with Crippen molar-refractivity contribution in [2.45, 2.75) is 26.4 Å². The van der Waals surface area contributed by atoms with E-state index < -0.39 is 16.1 Å². The van der Waals surface area contributed by atoms with E-state index >= 15 is 0 Å². The Bertz CT molecular complexity index is 868. The van der Waals surface area contributed by atoms with Gasteiger partial charge in [0.2, 0.25) is 15.9 Å². The van der Waals surface area contributed by atoms with Crippen LogP contribution in [0.5, 0.6) is 0 Å². The highest BCUT2D eigenvalue weighted by molar-refractivity contribution is 7.92. The van der Waals surface area contributed by atoms with Gasteiger partial charge in [-0.2, -0.15) is 0 Å². The van der Waals surface area contributed by atoms with E-state index in [1.807, 2.05) is 31.2 Å². The minimum absolute atomic E-state index is 0.331. The smallest absolute Gasteiger partial charge is 0.243 e. The third-order valence-corrected chi connectivity index (χ3v) is 5.18. The number of sulfonamides is 1. The zero-order valence-electron chi connectivity index (χ0n) is 14.4. The van der Waals surface area contributed by atoms with E-state index in [0.717, 1.165) is 21.7 Å². The topological polar surface area (TPSA) is 66.5 Å². The molecule has 0 spiro atoms. The largest absolute Gasteiger partial charge is 0.350 e. The summed E-state index contributed by atoms with van der Waals surface area (Å²) in [4.78, 5) is 12.5. The number of carbonyl (C=O) groups is 1. The number of amides is 1. The second-order valence-corrected chi connectivity index (χ2v) is 8.22. The number of benzene rings is 2. The predicted molar refractivity (Wildman–Crippen MR) is 101 cm³/mol. The molecule has 1 N–H and O–H groups in total. The van der Waals surface area contributed by atoms with Crippen LogP contribution in [-0.4, -0.2) is 26.6 Å². The highest BCUT2D eigenvalue weighted by atomic mass is 35.5. The maximum absolute atomic E-state index is 12.5. The molecular weight excluding hydrogens is 360 g/mol. The Hall–Kier alpha value is -2.05. The van der Waals surface area contributed by atoms with Crippen molar-refractivity contribution in [2.75, 3.05) is 10.6 Å². The van der Waals surface area contributed by atoms with Gasteiger partial charge < -0.3 is 5.32 Å². The molecule has 134 valence electrons. The summed E-state index contributed by atoms with van der Waals surface area (Å²) >= 11 is 5.96. The summed E-state index contributed by atoms with van der Waals surface area (Å²) in [6.45, 7) is 3.85. The highest BCUT2D eigenvalue weighted by Gasteiger charge is 2.29. The van der Waals surface area contributed by atoms with Crippen molar-refractivity contribution in [3.63, 3.8) is 0 Å². The molecule has 2 aromatic carbocycles. The molecule has 0 aromatic heterocycles. The summed E-state index contributed by atoms with van der Waals surface area (Å²) in [5, 5.41) is 3.19. The van der Waals surface area contributed by atoms with Crippen LogP contribution in [0.3, 0.4) is 0 Å².